The van der Waals surface area contributed by atoms with Gasteiger partial charge in [0.1, 0.15) is 29.9 Å². The van der Waals surface area contributed by atoms with E-state index in [1.807, 2.05) is 0 Å². The fraction of sp³-hybridized carbons (Fsp3) is 0.346. The molecule has 0 aliphatic heterocycles. The van der Waals surface area contributed by atoms with E-state index < -0.39 is 66.3 Å². The molecule has 0 aromatic heterocycles. The Labute approximate surface area is 224 Å². The van der Waals surface area contributed by atoms with Gasteiger partial charge in [-0.05, 0) is 30.2 Å². The second kappa shape index (κ2) is 14.4. The Balaban J connectivity index is 2.23. The lowest BCUT2D eigenvalue weighted by Crippen LogP contribution is -2.59. The zero-order valence-corrected chi connectivity index (χ0v) is 21.2. The van der Waals surface area contributed by atoms with Crippen molar-refractivity contribution in [2.75, 3.05) is 0 Å². The Kier molecular flexibility index (Phi) is 11.4. The summed E-state index contributed by atoms with van der Waals surface area (Å²) in [5.41, 5.74) is 12.1. The lowest BCUT2D eigenvalue weighted by molar-refractivity contribution is -0.142. The van der Waals surface area contributed by atoms with Crippen LogP contribution in [0.2, 0.25) is 0 Å². The summed E-state index contributed by atoms with van der Waals surface area (Å²) in [6, 6.07) is 8.69. The highest BCUT2D eigenvalue weighted by Crippen LogP contribution is 2.12. The maximum Gasteiger partial charge on any atom is 0.326 e. The Morgan fingerprint density at radius 1 is 0.769 bits per heavy atom. The number of carboxylic acids is 1. The van der Waals surface area contributed by atoms with Gasteiger partial charge in [0.25, 0.3) is 0 Å². The molecule has 2 aromatic carbocycles. The third-order valence-electron chi connectivity index (χ3n) is 5.77. The van der Waals surface area contributed by atoms with E-state index in [4.69, 9.17) is 11.5 Å². The van der Waals surface area contributed by atoms with Gasteiger partial charge >= 0.3 is 5.97 Å². The SMILES string of the molecule is CC(O)C(N)C(=O)NC(Cc1ccccc1)C(=O)NC(CC(N)=O)C(=O)NC(Cc1ccc(O)cc1)C(=O)O. The van der Waals surface area contributed by atoms with Gasteiger partial charge in [0.05, 0.1) is 12.5 Å². The normalized spacial score (nSPS) is 14.6. The molecule has 10 N–H and O–H groups in total. The number of nitrogens with two attached hydrogens (primary N) is 2. The molecule has 13 heteroatoms. The monoisotopic (exact) mass is 543 g/mol. The molecule has 0 fully saturated rings. The van der Waals surface area contributed by atoms with E-state index in [9.17, 15) is 39.3 Å². The number of rotatable bonds is 14. The standard InChI is InChI=1S/C26H33N5O8/c1-14(32)22(28)25(37)30-18(11-15-5-3-2-4-6-15)23(35)29-19(13-21(27)34)24(36)31-20(26(38)39)12-16-7-9-17(33)10-8-16/h2-10,14,18-20,22,32-33H,11-13,28H2,1H3,(H2,27,34)(H,29,35)(H,30,37)(H,31,36)(H,38,39). The number of aliphatic carboxylic acids is 1. The van der Waals surface area contributed by atoms with Gasteiger partial charge in [-0.25, -0.2) is 4.79 Å². The van der Waals surface area contributed by atoms with Gasteiger partial charge in [-0.15, -0.1) is 0 Å². The number of aliphatic hydroxyl groups is 1. The average Bonchev–Trinajstić information content (AvgIpc) is 2.88. The molecule has 0 radical (unpaired) electrons. The van der Waals surface area contributed by atoms with Crippen LogP contribution < -0.4 is 27.4 Å². The van der Waals surface area contributed by atoms with Crippen molar-refractivity contribution in [2.24, 2.45) is 11.5 Å². The molecule has 5 unspecified atom stereocenters. The summed E-state index contributed by atoms with van der Waals surface area (Å²) in [7, 11) is 0. The smallest absolute Gasteiger partial charge is 0.326 e. The van der Waals surface area contributed by atoms with Gasteiger partial charge in [0.15, 0.2) is 0 Å². The number of hydrogen-bond acceptors (Lipinski definition) is 8. The number of carboxylic acid groups (broad SMARTS) is 1. The minimum Gasteiger partial charge on any atom is -0.508 e. The van der Waals surface area contributed by atoms with Gasteiger partial charge in [0.2, 0.25) is 23.6 Å². The summed E-state index contributed by atoms with van der Waals surface area (Å²) >= 11 is 0. The number of amides is 4. The summed E-state index contributed by atoms with van der Waals surface area (Å²) in [4.78, 5) is 62.2. The molecule has 0 heterocycles. The lowest BCUT2D eigenvalue weighted by Gasteiger charge is -2.25. The van der Waals surface area contributed by atoms with Crippen molar-refractivity contribution < 1.29 is 39.3 Å². The summed E-state index contributed by atoms with van der Waals surface area (Å²) in [5.74, 6) is -5.01. The quantitative estimate of drug-likeness (QED) is 0.135. The molecule has 4 amide bonds. The topological polar surface area (TPSA) is 234 Å². The molecule has 0 saturated carbocycles. The second-order valence-corrected chi connectivity index (χ2v) is 9.02. The average molecular weight is 544 g/mol. The number of carbonyl (C=O) groups is 5. The number of phenols is 1. The number of aliphatic hydroxyl groups excluding tert-OH is 1. The van der Waals surface area contributed by atoms with Crippen LogP contribution in [0.25, 0.3) is 0 Å². The van der Waals surface area contributed by atoms with Gasteiger partial charge in [0, 0.05) is 12.8 Å². The molecular formula is C26H33N5O8. The van der Waals surface area contributed by atoms with E-state index in [0.717, 1.165) is 0 Å². The van der Waals surface area contributed by atoms with E-state index in [1.165, 1.54) is 31.2 Å². The van der Waals surface area contributed by atoms with Crippen molar-refractivity contribution in [3.63, 3.8) is 0 Å². The number of benzene rings is 2. The van der Waals surface area contributed by atoms with E-state index in [1.54, 1.807) is 30.3 Å². The summed E-state index contributed by atoms with van der Waals surface area (Å²) in [6.07, 6.45) is -2.03. The van der Waals surface area contributed by atoms with Crippen molar-refractivity contribution in [3.8, 4) is 5.75 Å². The molecule has 0 saturated heterocycles. The van der Waals surface area contributed by atoms with E-state index >= 15 is 0 Å². The number of carbonyl (C=O) groups excluding carboxylic acids is 4. The predicted molar refractivity (Wildman–Crippen MR) is 139 cm³/mol. The first kappa shape index (κ1) is 30.7. The van der Waals surface area contributed by atoms with Crippen molar-refractivity contribution in [2.45, 2.75) is 56.5 Å². The summed E-state index contributed by atoms with van der Waals surface area (Å²) in [5, 5.41) is 35.8. The minimum atomic E-state index is -1.56. The van der Waals surface area contributed by atoms with Crippen molar-refractivity contribution in [1.82, 2.24) is 16.0 Å². The van der Waals surface area contributed by atoms with Crippen molar-refractivity contribution in [1.29, 1.82) is 0 Å². The highest BCUT2D eigenvalue weighted by atomic mass is 16.4. The Hall–Kier alpha value is -4.49. The van der Waals surface area contributed by atoms with Crippen LogP contribution in [-0.2, 0) is 36.8 Å². The second-order valence-electron chi connectivity index (χ2n) is 9.02. The molecule has 2 rings (SSSR count). The number of nitrogens with one attached hydrogen (secondary N) is 3. The highest BCUT2D eigenvalue weighted by Gasteiger charge is 2.32. The maximum atomic E-state index is 13.2. The third kappa shape index (κ3) is 10.1. The fourth-order valence-electron chi connectivity index (χ4n) is 3.57. The molecule has 5 atom stereocenters. The Morgan fingerprint density at radius 2 is 1.26 bits per heavy atom. The number of hydrogen-bond donors (Lipinski definition) is 8. The molecule has 39 heavy (non-hydrogen) atoms. The molecule has 0 aliphatic rings. The van der Waals surface area contributed by atoms with Gasteiger partial charge in [-0.2, -0.15) is 0 Å². The molecule has 13 nitrogen and oxygen atoms in total. The zero-order chi connectivity index (χ0) is 29.1. The lowest BCUT2D eigenvalue weighted by atomic mass is 10.0. The minimum absolute atomic E-state index is 0.0194. The van der Waals surface area contributed by atoms with Crippen LogP contribution in [0.1, 0.15) is 24.5 Å². The molecule has 210 valence electrons. The summed E-state index contributed by atoms with van der Waals surface area (Å²) < 4.78 is 0. The van der Waals surface area contributed by atoms with Crippen LogP contribution >= 0.6 is 0 Å². The first-order chi connectivity index (χ1) is 18.4. The van der Waals surface area contributed by atoms with Gasteiger partial charge < -0.3 is 42.7 Å². The first-order valence-corrected chi connectivity index (χ1v) is 12.0. The Bertz CT molecular complexity index is 1160. The van der Waals surface area contributed by atoms with Crippen LogP contribution in [-0.4, -0.2) is 75.2 Å². The number of primary amides is 1. The largest absolute Gasteiger partial charge is 0.508 e. The molecule has 2 aromatic rings. The molecule has 0 spiro atoms. The maximum absolute atomic E-state index is 13.2. The van der Waals surface area contributed by atoms with Crippen LogP contribution in [0.15, 0.2) is 54.6 Å². The van der Waals surface area contributed by atoms with E-state index in [0.29, 0.717) is 11.1 Å². The van der Waals surface area contributed by atoms with Gasteiger partial charge in [-0.1, -0.05) is 42.5 Å². The zero-order valence-electron chi connectivity index (χ0n) is 21.2. The highest BCUT2D eigenvalue weighted by molar-refractivity contribution is 5.96. The predicted octanol–water partition coefficient (Wildman–Crippen LogP) is -1.70. The molecule has 0 aliphatic carbocycles. The van der Waals surface area contributed by atoms with Gasteiger partial charge in [-0.3, -0.25) is 19.2 Å². The first-order valence-electron chi connectivity index (χ1n) is 12.0. The van der Waals surface area contributed by atoms with E-state index in [-0.39, 0.29) is 18.6 Å². The Morgan fingerprint density at radius 3 is 1.79 bits per heavy atom. The molecule has 0 bridgehead atoms. The van der Waals surface area contributed by atoms with Crippen molar-refractivity contribution >= 4 is 29.6 Å². The van der Waals surface area contributed by atoms with Crippen LogP contribution in [0.5, 0.6) is 5.75 Å². The number of aromatic hydroxyl groups is 1. The summed E-state index contributed by atoms with van der Waals surface area (Å²) in [6.45, 7) is 1.31. The third-order valence-corrected chi connectivity index (χ3v) is 5.77. The van der Waals surface area contributed by atoms with Crippen LogP contribution in [0.3, 0.4) is 0 Å². The fourth-order valence-corrected chi connectivity index (χ4v) is 3.57. The van der Waals surface area contributed by atoms with Crippen LogP contribution in [0.4, 0.5) is 0 Å². The molecular weight excluding hydrogens is 510 g/mol. The van der Waals surface area contributed by atoms with Crippen molar-refractivity contribution in [3.05, 3.63) is 65.7 Å². The number of phenolic OH excluding ortho intramolecular Hbond substituents is 1. The van der Waals surface area contributed by atoms with E-state index in [2.05, 4.69) is 16.0 Å². The van der Waals surface area contributed by atoms with Crippen LogP contribution in [0, 0.1) is 0 Å².